The average Bonchev–Trinajstić information content (AvgIpc) is 3.85. The van der Waals surface area contributed by atoms with Crippen LogP contribution in [0.15, 0.2) is 194 Å². The Hall–Kier alpha value is -9.02. The Morgan fingerprint density at radius 2 is 0.968 bits per heavy atom. The largest absolute Gasteiger partial charge is 0.309 e. The number of hydrogen-bond donors (Lipinski definition) is 0. The predicted molar refractivity (Wildman–Crippen MR) is 250 cm³/mol. The van der Waals surface area contributed by atoms with Gasteiger partial charge in [-0.1, -0.05) is 146 Å². The lowest BCUT2D eigenvalue weighted by atomic mass is 9.89. The molecule has 11 aromatic rings. The summed E-state index contributed by atoms with van der Waals surface area (Å²) in [5.41, 5.74) is 12.6. The van der Waals surface area contributed by atoms with Gasteiger partial charge in [0, 0.05) is 44.0 Å². The van der Waals surface area contributed by atoms with Crippen LogP contribution in [0.3, 0.4) is 0 Å². The molecule has 0 N–H and O–H groups in total. The van der Waals surface area contributed by atoms with Crippen molar-refractivity contribution in [1.29, 1.82) is 10.5 Å². The van der Waals surface area contributed by atoms with Gasteiger partial charge in [0.2, 0.25) is 0 Å². The van der Waals surface area contributed by atoms with Crippen LogP contribution in [-0.4, -0.2) is 14.1 Å². The van der Waals surface area contributed by atoms with Gasteiger partial charge in [-0.25, -0.2) is 9.83 Å². The van der Waals surface area contributed by atoms with E-state index in [0.29, 0.717) is 33.8 Å². The first-order valence-corrected chi connectivity index (χ1v) is 20.3. The highest BCUT2D eigenvalue weighted by Gasteiger charge is 2.25. The second-order valence-electron chi connectivity index (χ2n) is 15.2. The van der Waals surface area contributed by atoms with Crippen molar-refractivity contribution < 1.29 is 0 Å². The Bertz CT molecular complexity index is 3690. The fourth-order valence-corrected chi connectivity index (χ4v) is 9.15. The molecule has 0 aliphatic rings. The van der Waals surface area contributed by atoms with E-state index in [1.807, 2.05) is 91.0 Å². The van der Waals surface area contributed by atoms with Crippen LogP contribution >= 0.6 is 0 Å². The summed E-state index contributed by atoms with van der Waals surface area (Å²) < 4.78 is 4.67. The highest BCUT2D eigenvalue weighted by Crippen LogP contribution is 2.46. The number of nitriles is 2. The molecule has 286 valence electrons. The molecule has 3 heterocycles. The summed E-state index contributed by atoms with van der Waals surface area (Å²) >= 11 is 0. The highest BCUT2D eigenvalue weighted by molar-refractivity contribution is 6.21. The Kier molecular flexibility index (Phi) is 8.54. The average molecular weight is 789 g/mol. The molecule has 0 aliphatic carbocycles. The number of benzene rings is 8. The number of fused-ring (bicyclic) bond motifs is 6. The summed E-state index contributed by atoms with van der Waals surface area (Å²) in [5, 5.41) is 25.9. The maximum atomic E-state index is 10.8. The summed E-state index contributed by atoms with van der Waals surface area (Å²) in [5.74, 6) is 0. The van der Waals surface area contributed by atoms with Crippen LogP contribution in [0.4, 0.5) is 5.69 Å². The van der Waals surface area contributed by atoms with Gasteiger partial charge in [0.25, 0.3) is 0 Å². The maximum absolute atomic E-state index is 10.8. The molecule has 0 saturated heterocycles. The number of para-hydroxylation sites is 4. The molecular weight excluding hydrogens is 757 g/mol. The lowest BCUT2D eigenvalue weighted by Crippen LogP contribution is -2.02. The Balaban J connectivity index is 1.18. The molecule has 0 unspecified atom stereocenters. The monoisotopic (exact) mass is 788 g/mol. The van der Waals surface area contributed by atoms with Crippen LogP contribution in [-0.2, 0) is 0 Å². The predicted octanol–water partition coefficient (Wildman–Crippen LogP) is 14.2. The van der Waals surface area contributed by atoms with Gasteiger partial charge in [0.1, 0.15) is 12.1 Å². The van der Waals surface area contributed by atoms with Crippen LogP contribution in [0.25, 0.3) is 105 Å². The van der Waals surface area contributed by atoms with Gasteiger partial charge in [-0.3, -0.25) is 0 Å². The summed E-state index contributed by atoms with van der Waals surface area (Å²) in [6, 6.07) is 70.0. The van der Waals surface area contributed by atoms with E-state index < -0.39 is 0 Å². The highest BCUT2D eigenvalue weighted by atomic mass is 15.0. The third-order valence-corrected chi connectivity index (χ3v) is 11.8. The van der Waals surface area contributed by atoms with E-state index in [1.165, 1.54) is 5.39 Å². The molecule has 0 radical (unpaired) electrons. The minimum Gasteiger partial charge on any atom is -0.309 e. The van der Waals surface area contributed by atoms with Gasteiger partial charge in [-0.2, -0.15) is 10.5 Å². The Labute approximate surface area is 357 Å². The molecule has 0 bridgehead atoms. The minimum absolute atomic E-state index is 0.279. The molecule has 62 heavy (non-hydrogen) atoms. The molecule has 0 saturated carbocycles. The van der Waals surface area contributed by atoms with Gasteiger partial charge < -0.3 is 9.13 Å². The first kappa shape index (κ1) is 36.1. The molecule has 0 amide bonds. The first-order valence-electron chi connectivity index (χ1n) is 20.3. The molecule has 6 nitrogen and oxygen atoms in total. The van der Waals surface area contributed by atoms with E-state index in [0.717, 1.165) is 71.9 Å². The van der Waals surface area contributed by atoms with Crippen LogP contribution in [0.2, 0.25) is 0 Å². The molecule has 0 aliphatic heterocycles. The number of rotatable bonds is 6. The van der Waals surface area contributed by atoms with E-state index in [-0.39, 0.29) is 5.56 Å². The fraction of sp³-hybridized carbons (Fsp3) is 0. The number of nitrogens with zero attached hydrogens (tertiary/aromatic N) is 6. The molecule has 3 aromatic heterocycles. The summed E-state index contributed by atoms with van der Waals surface area (Å²) in [6.07, 6.45) is 0. The standard InChI is InChI=1S/C56H32N6/c1-59-49-31-38(55-48(35-58)53(36-17-6-2-7-18-36)47(34-57)54(60-55)37-19-8-3-9-20-37)29-30-41(49)43-26-16-27-44-46-33-51-45(32-52(46)62(56(43)44)40-23-12-5-13-24-40)42-25-14-15-28-50(42)61(51)39-21-10-4-11-22-39/h2-33H. The number of hydrogen-bond acceptors (Lipinski definition) is 3. The third kappa shape index (κ3) is 5.59. The second-order valence-corrected chi connectivity index (χ2v) is 15.2. The van der Waals surface area contributed by atoms with Crippen molar-refractivity contribution in [2.24, 2.45) is 0 Å². The van der Waals surface area contributed by atoms with E-state index in [4.69, 9.17) is 11.6 Å². The zero-order chi connectivity index (χ0) is 41.7. The normalized spacial score (nSPS) is 11.2. The molecule has 6 heteroatoms. The van der Waals surface area contributed by atoms with Crippen molar-refractivity contribution in [3.05, 3.63) is 217 Å². The van der Waals surface area contributed by atoms with Crippen molar-refractivity contribution in [2.45, 2.75) is 0 Å². The van der Waals surface area contributed by atoms with Crippen LogP contribution in [0, 0.1) is 29.2 Å². The van der Waals surface area contributed by atoms with Gasteiger partial charge in [-0.05, 0) is 70.8 Å². The lowest BCUT2D eigenvalue weighted by molar-refractivity contribution is 1.17. The maximum Gasteiger partial charge on any atom is 0.195 e. The summed E-state index contributed by atoms with van der Waals surface area (Å²) in [7, 11) is 0. The Morgan fingerprint density at radius 1 is 0.435 bits per heavy atom. The number of pyridine rings is 1. The number of aromatic nitrogens is 3. The third-order valence-electron chi connectivity index (χ3n) is 11.8. The van der Waals surface area contributed by atoms with E-state index in [9.17, 15) is 10.5 Å². The quantitative estimate of drug-likeness (QED) is 0.157. The molecule has 0 spiro atoms. The van der Waals surface area contributed by atoms with Crippen molar-refractivity contribution in [2.75, 3.05) is 0 Å². The second kappa shape index (κ2) is 14.7. The van der Waals surface area contributed by atoms with E-state index >= 15 is 0 Å². The molecule has 11 rings (SSSR count). The molecule has 0 fully saturated rings. The van der Waals surface area contributed by atoms with Crippen molar-refractivity contribution in [1.82, 2.24) is 14.1 Å². The van der Waals surface area contributed by atoms with E-state index in [1.54, 1.807) is 0 Å². The minimum atomic E-state index is 0.279. The SMILES string of the molecule is [C-]#[N+]c1cc(-c2nc(-c3ccccc3)c(C#N)c(-c3ccccc3)c2C#N)ccc1-c1cccc2c3cc4c(cc3n(-c3ccccc3)c12)c1ccccc1n4-c1ccccc1. The van der Waals surface area contributed by atoms with Gasteiger partial charge in [0.15, 0.2) is 5.69 Å². The van der Waals surface area contributed by atoms with Gasteiger partial charge in [-0.15, -0.1) is 0 Å². The van der Waals surface area contributed by atoms with Gasteiger partial charge in [0.05, 0.1) is 51.2 Å². The summed E-state index contributed by atoms with van der Waals surface area (Å²) in [6.45, 7) is 8.59. The zero-order valence-electron chi connectivity index (χ0n) is 33.2. The first-order chi connectivity index (χ1) is 30.7. The van der Waals surface area contributed by atoms with Crippen molar-refractivity contribution in [3.8, 4) is 68.3 Å². The van der Waals surface area contributed by atoms with Crippen molar-refractivity contribution >= 4 is 49.3 Å². The molecule has 8 aromatic carbocycles. The van der Waals surface area contributed by atoms with E-state index in [2.05, 4.69) is 129 Å². The zero-order valence-corrected chi connectivity index (χ0v) is 33.2. The summed E-state index contributed by atoms with van der Waals surface area (Å²) in [4.78, 5) is 9.21. The topological polar surface area (TPSA) is 74.7 Å². The van der Waals surface area contributed by atoms with Crippen molar-refractivity contribution in [3.63, 3.8) is 0 Å². The smallest absolute Gasteiger partial charge is 0.195 e. The van der Waals surface area contributed by atoms with Crippen LogP contribution < -0.4 is 0 Å². The van der Waals surface area contributed by atoms with Gasteiger partial charge >= 0.3 is 0 Å². The Morgan fingerprint density at radius 3 is 1.61 bits per heavy atom. The molecular formula is C56H32N6. The van der Waals surface area contributed by atoms with Crippen LogP contribution in [0.5, 0.6) is 0 Å². The molecule has 0 atom stereocenters. The van der Waals surface area contributed by atoms with Crippen LogP contribution in [0.1, 0.15) is 11.1 Å². The lowest BCUT2D eigenvalue weighted by Gasteiger charge is -2.17. The fourth-order valence-electron chi connectivity index (χ4n) is 9.15.